The fourth-order valence-corrected chi connectivity index (χ4v) is 2.45. The summed E-state index contributed by atoms with van der Waals surface area (Å²) in [5, 5.41) is 3.40. The number of aromatic nitrogens is 2. The van der Waals surface area contributed by atoms with Gasteiger partial charge in [-0.1, -0.05) is 13.8 Å². The molecule has 0 radical (unpaired) electrons. The van der Waals surface area contributed by atoms with Crippen molar-refractivity contribution >= 4 is 5.95 Å². The third kappa shape index (κ3) is 3.95. The smallest absolute Gasteiger partial charge is 0.222 e. The van der Waals surface area contributed by atoms with Crippen molar-refractivity contribution in [2.75, 3.05) is 5.32 Å². The number of nitrogens with zero attached hydrogens (tertiary/aromatic N) is 2. The van der Waals surface area contributed by atoms with Gasteiger partial charge in [0, 0.05) is 24.5 Å². The number of hydrogen-bond acceptors (Lipinski definition) is 4. The molecule has 0 amide bonds. The summed E-state index contributed by atoms with van der Waals surface area (Å²) >= 11 is 0. The van der Waals surface area contributed by atoms with E-state index in [2.05, 4.69) is 29.1 Å². The third-order valence-corrected chi connectivity index (χ3v) is 3.45. The van der Waals surface area contributed by atoms with Gasteiger partial charge >= 0.3 is 0 Å². The SMILES string of the molecule is CC(C)Cc1cnc(NC2CCC(N)CC2)nc1. The summed E-state index contributed by atoms with van der Waals surface area (Å²) < 4.78 is 0. The second-order valence-corrected chi connectivity index (χ2v) is 5.77. The summed E-state index contributed by atoms with van der Waals surface area (Å²) in [5.74, 6) is 1.40. The quantitative estimate of drug-likeness (QED) is 0.858. The van der Waals surface area contributed by atoms with Gasteiger partial charge in [-0.25, -0.2) is 9.97 Å². The minimum Gasteiger partial charge on any atom is -0.351 e. The Balaban J connectivity index is 1.86. The molecule has 1 aliphatic rings. The maximum atomic E-state index is 5.90. The Morgan fingerprint density at radius 1 is 1.22 bits per heavy atom. The molecule has 1 aromatic rings. The molecule has 1 saturated carbocycles. The van der Waals surface area contributed by atoms with E-state index in [-0.39, 0.29) is 0 Å². The van der Waals surface area contributed by atoms with E-state index in [9.17, 15) is 0 Å². The highest BCUT2D eigenvalue weighted by Gasteiger charge is 2.18. The third-order valence-electron chi connectivity index (χ3n) is 3.45. The fourth-order valence-electron chi connectivity index (χ4n) is 2.45. The van der Waals surface area contributed by atoms with E-state index in [1.54, 1.807) is 0 Å². The monoisotopic (exact) mass is 248 g/mol. The molecule has 1 heterocycles. The average molecular weight is 248 g/mol. The number of nitrogens with two attached hydrogens (primary N) is 1. The van der Waals surface area contributed by atoms with Gasteiger partial charge in [-0.2, -0.15) is 0 Å². The molecule has 1 fully saturated rings. The Morgan fingerprint density at radius 3 is 2.39 bits per heavy atom. The highest BCUT2D eigenvalue weighted by atomic mass is 15.1. The van der Waals surface area contributed by atoms with Gasteiger partial charge in [0.05, 0.1) is 0 Å². The van der Waals surface area contributed by atoms with E-state index in [1.807, 2.05) is 12.4 Å². The number of nitrogens with one attached hydrogen (secondary N) is 1. The molecular formula is C14H24N4. The Kier molecular flexibility index (Phi) is 4.53. The van der Waals surface area contributed by atoms with Crippen molar-refractivity contribution in [3.8, 4) is 0 Å². The van der Waals surface area contributed by atoms with E-state index in [4.69, 9.17) is 5.73 Å². The molecule has 0 bridgehead atoms. The summed E-state index contributed by atoms with van der Waals surface area (Å²) in [7, 11) is 0. The van der Waals surface area contributed by atoms with Gasteiger partial charge in [-0.05, 0) is 43.6 Å². The lowest BCUT2D eigenvalue weighted by Crippen LogP contribution is -2.33. The number of hydrogen-bond donors (Lipinski definition) is 2. The van der Waals surface area contributed by atoms with Gasteiger partial charge in [0.15, 0.2) is 0 Å². The van der Waals surface area contributed by atoms with Crippen LogP contribution in [0.15, 0.2) is 12.4 Å². The summed E-state index contributed by atoms with van der Waals surface area (Å²) in [6, 6.07) is 0.873. The van der Waals surface area contributed by atoms with Gasteiger partial charge in [0.2, 0.25) is 5.95 Å². The van der Waals surface area contributed by atoms with E-state index >= 15 is 0 Å². The van der Waals surface area contributed by atoms with E-state index < -0.39 is 0 Å². The molecule has 0 aromatic carbocycles. The van der Waals surface area contributed by atoms with Crippen molar-refractivity contribution in [2.45, 2.75) is 58.0 Å². The largest absolute Gasteiger partial charge is 0.351 e. The van der Waals surface area contributed by atoms with Crippen molar-refractivity contribution in [3.63, 3.8) is 0 Å². The van der Waals surface area contributed by atoms with Gasteiger partial charge in [-0.15, -0.1) is 0 Å². The zero-order chi connectivity index (χ0) is 13.0. The van der Waals surface area contributed by atoms with Crippen LogP contribution in [0.25, 0.3) is 0 Å². The minimum absolute atomic E-state index is 0.386. The van der Waals surface area contributed by atoms with Crippen LogP contribution in [-0.2, 0) is 6.42 Å². The zero-order valence-corrected chi connectivity index (χ0v) is 11.4. The first-order chi connectivity index (χ1) is 8.63. The van der Waals surface area contributed by atoms with Crippen LogP contribution in [0, 0.1) is 5.92 Å². The standard InChI is InChI=1S/C14H24N4/c1-10(2)7-11-8-16-14(17-9-11)18-13-5-3-12(15)4-6-13/h8-10,12-13H,3-7,15H2,1-2H3,(H,16,17,18). The summed E-state index contributed by atoms with van der Waals surface area (Å²) in [6.07, 6.45) is 9.36. The topological polar surface area (TPSA) is 63.8 Å². The van der Waals surface area contributed by atoms with E-state index in [0.29, 0.717) is 18.0 Å². The van der Waals surface area contributed by atoms with Crippen molar-refractivity contribution in [1.82, 2.24) is 9.97 Å². The molecule has 18 heavy (non-hydrogen) atoms. The molecule has 100 valence electrons. The minimum atomic E-state index is 0.386. The van der Waals surface area contributed by atoms with Crippen LogP contribution in [0.5, 0.6) is 0 Å². The first kappa shape index (κ1) is 13.3. The van der Waals surface area contributed by atoms with E-state index in [0.717, 1.165) is 38.1 Å². The molecule has 1 aromatic heterocycles. The summed E-state index contributed by atoms with van der Waals surface area (Å²) in [4.78, 5) is 8.78. The molecule has 0 atom stereocenters. The Hall–Kier alpha value is -1.16. The maximum absolute atomic E-state index is 5.90. The molecule has 1 aliphatic carbocycles. The molecule has 2 rings (SSSR count). The first-order valence-electron chi connectivity index (χ1n) is 6.96. The molecule has 0 saturated heterocycles. The molecule has 0 unspecified atom stereocenters. The number of rotatable bonds is 4. The van der Waals surface area contributed by atoms with Gasteiger partial charge < -0.3 is 11.1 Å². The molecule has 4 nitrogen and oxygen atoms in total. The lowest BCUT2D eigenvalue weighted by atomic mass is 9.92. The fraction of sp³-hybridized carbons (Fsp3) is 0.714. The van der Waals surface area contributed by atoms with Crippen LogP contribution >= 0.6 is 0 Å². The Bertz CT molecular complexity index is 353. The second-order valence-electron chi connectivity index (χ2n) is 5.77. The molecule has 4 heteroatoms. The molecule has 0 aliphatic heterocycles. The Labute approximate surface area is 109 Å². The van der Waals surface area contributed by atoms with E-state index in [1.165, 1.54) is 5.56 Å². The van der Waals surface area contributed by atoms with Crippen LogP contribution in [0.1, 0.15) is 45.1 Å². The van der Waals surface area contributed by atoms with Crippen molar-refractivity contribution in [1.29, 1.82) is 0 Å². The van der Waals surface area contributed by atoms with Crippen LogP contribution in [0.3, 0.4) is 0 Å². The second kappa shape index (κ2) is 6.14. The predicted octanol–water partition coefficient (Wildman–Crippen LogP) is 2.36. The number of anilines is 1. The molecule has 0 spiro atoms. The lowest BCUT2D eigenvalue weighted by Gasteiger charge is -2.26. The molecule has 3 N–H and O–H groups in total. The van der Waals surface area contributed by atoms with Crippen LogP contribution < -0.4 is 11.1 Å². The molecular weight excluding hydrogens is 224 g/mol. The van der Waals surface area contributed by atoms with Crippen LogP contribution in [0.4, 0.5) is 5.95 Å². The van der Waals surface area contributed by atoms with Crippen LogP contribution in [0.2, 0.25) is 0 Å². The maximum Gasteiger partial charge on any atom is 0.222 e. The van der Waals surface area contributed by atoms with Gasteiger partial charge in [-0.3, -0.25) is 0 Å². The zero-order valence-electron chi connectivity index (χ0n) is 11.4. The highest BCUT2D eigenvalue weighted by molar-refractivity contribution is 5.26. The Morgan fingerprint density at radius 2 is 1.83 bits per heavy atom. The first-order valence-corrected chi connectivity index (χ1v) is 6.96. The lowest BCUT2D eigenvalue weighted by molar-refractivity contribution is 0.410. The predicted molar refractivity (Wildman–Crippen MR) is 74.4 cm³/mol. The van der Waals surface area contributed by atoms with Crippen molar-refractivity contribution < 1.29 is 0 Å². The van der Waals surface area contributed by atoms with Crippen molar-refractivity contribution in [3.05, 3.63) is 18.0 Å². The summed E-state index contributed by atoms with van der Waals surface area (Å²) in [5.41, 5.74) is 7.11. The van der Waals surface area contributed by atoms with Gasteiger partial charge in [0.25, 0.3) is 0 Å². The summed E-state index contributed by atoms with van der Waals surface area (Å²) in [6.45, 7) is 4.41. The van der Waals surface area contributed by atoms with Crippen molar-refractivity contribution in [2.24, 2.45) is 11.7 Å². The average Bonchev–Trinajstić information content (AvgIpc) is 2.34. The normalized spacial score (nSPS) is 24.2. The highest BCUT2D eigenvalue weighted by Crippen LogP contribution is 2.19. The van der Waals surface area contributed by atoms with Crippen LogP contribution in [-0.4, -0.2) is 22.1 Å². The van der Waals surface area contributed by atoms with Gasteiger partial charge in [0.1, 0.15) is 0 Å².